The highest BCUT2D eigenvalue weighted by Crippen LogP contribution is 2.34. The first-order valence-corrected chi connectivity index (χ1v) is 12.4. The number of hydrogen-bond acceptors (Lipinski definition) is 6. The molecule has 0 atom stereocenters. The van der Waals surface area contributed by atoms with E-state index in [-0.39, 0.29) is 18.1 Å². The van der Waals surface area contributed by atoms with E-state index < -0.39 is 5.91 Å². The molecular formula is C28H27BrN4O4. The summed E-state index contributed by atoms with van der Waals surface area (Å²) < 4.78 is 13.2. The number of benzene rings is 3. The van der Waals surface area contributed by atoms with Crippen molar-refractivity contribution in [3.63, 3.8) is 0 Å². The first-order valence-electron chi connectivity index (χ1n) is 11.6. The molecule has 0 aliphatic carbocycles. The molecule has 37 heavy (non-hydrogen) atoms. The molecule has 4 rings (SSSR count). The van der Waals surface area contributed by atoms with E-state index in [0.29, 0.717) is 28.0 Å². The van der Waals surface area contributed by atoms with Crippen LogP contribution >= 0.6 is 15.9 Å². The quantitative estimate of drug-likeness (QED) is 0.303. The van der Waals surface area contributed by atoms with Crippen LogP contribution in [0.15, 0.2) is 69.0 Å². The van der Waals surface area contributed by atoms with Gasteiger partial charge in [0.15, 0.2) is 12.4 Å². The highest BCUT2D eigenvalue weighted by atomic mass is 79.9. The number of fused-ring (bicyclic) bond motifs is 1. The number of carbonyl (C=O) groups excluding carboxylic acids is 1. The largest absolute Gasteiger partial charge is 0.496 e. The van der Waals surface area contributed by atoms with Crippen molar-refractivity contribution < 1.29 is 14.3 Å². The number of ether oxygens (including phenoxy) is 2. The number of nitrogens with zero attached hydrogens (tertiary/aromatic N) is 3. The summed E-state index contributed by atoms with van der Waals surface area (Å²) in [4.78, 5) is 29.7. The lowest BCUT2D eigenvalue weighted by Gasteiger charge is -2.17. The van der Waals surface area contributed by atoms with Gasteiger partial charge in [-0.15, -0.1) is 0 Å². The normalized spacial score (nSPS) is 11.4. The summed E-state index contributed by atoms with van der Waals surface area (Å²) in [6, 6.07) is 16.4. The zero-order chi connectivity index (χ0) is 26.7. The number of hydrogen-bond donors (Lipinski definition) is 1. The topological polar surface area (TPSA) is 109 Å². The average Bonchev–Trinajstić information content (AvgIpc) is 2.87. The fourth-order valence-corrected chi connectivity index (χ4v) is 4.37. The number of aryl methyl sites for hydroxylation is 1. The highest BCUT2D eigenvalue weighted by molar-refractivity contribution is 9.10. The van der Waals surface area contributed by atoms with Gasteiger partial charge in [0.05, 0.1) is 24.2 Å². The van der Waals surface area contributed by atoms with Crippen molar-refractivity contribution in [1.82, 2.24) is 9.66 Å². The summed E-state index contributed by atoms with van der Waals surface area (Å²) >= 11 is 3.44. The first kappa shape index (κ1) is 26.1. The van der Waals surface area contributed by atoms with E-state index in [1.165, 1.54) is 10.9 Å². The maximum atomic E-state index is 13.6. The Morgan fingerprint density at radius 3 is 2.62 bits per heavy atom. The SMILES string of the molecule is COc1cc(C)c(-c2nc3ccccc3c(=O)n2N=Cc2cc(Br)ccc2OCC(N)=O)cc1C(C)C. The second kappa shape index (κ2) is 11.0. The predicted molar refractivity (Wildman–Crippen MR) is 149 cm³/mol. The first-order chi connectivity index (χ1) is 17.7. The Bertz CT molecular complexity index is 1580. The Morgan fingerprint density at radius 1 is 1.16 bits per heavy atom. The van der Waals surface area contributed by atoms with Crippen molar-refractivity contribution in [3.8, 4) is 22.9 Å². The van der Waals surface area contributed by atoms with Crippen molar-refractivity contribution in [2.75, 3.05) is 13.7 Å². The number of aromatic nitrogens is 2. The lowest BCUT2D eigenvalue weighted by Crippen LogP contribution is -2.21. The number of methoxy groups -OCH3 is 1. The summed E-state index contributed by atoms with van der Waals surface area (Å²) in [5, 5.41) is 5.00. The van der Waals surface area contributed by atoms with Crippen LogP contribution in [0, 0.1) is 6.92 Å². The smallest absolute Gasteiger partial charge is 0.282 e. The van der Waals surface area contributed by atoms with Crippen molar-refractivity contribution in [2.24, 2.45) is 10.8 Å². The molecule has 0 saturated heterocycles. The van der Waals surface area contributed by atoms with Crippen LogP contribution in [0.2, 0.25) is 0 Å². The third-order valence-electron chi connectivity index (χ3n) is 5.85. The van der Waals surface area contributed by atoms with Crippen molar-refractivity contribution >= 4 is 39.0 Å². The van der Waals surface area contributed by atoms with E-state index in [1.54, 1.807) is 43.5 Å². The summed E-state index contributed by atoms with van der Waals surface area (Å²) in [5.41, 5.74) is 8.71. The number of para-hydroxylation sites is 1. The third-order valence-corrected chi connectivity index (χ3v) is 6.34. The van der Waals surface area contributed by atoms with Gasteiger partial charge in [0.1, 0.15) is 11.5 Å². The summed E-state index contributed by atoms with van der Waals surface area (Å²) in [5.74, 6) is 1.16. The Balaban J connectivity index is 1.95. The molecule has 1 amide bonds. The van der Waals surface area contributed by atoms with E-state index >= 15 is 0 Å². The zero-order valence-electron chi connectivity index (χ0n) is 21.0. The summed E-state index contributed by atoms with van der Waals surface area (Å²) in [7, 11) is 1.64. The van der Waals surface area contributed by atoms with E-state index in [2.05, 4.69) is 34.9 Å². The van der Waals surface area contributed by atoms with Crippen LogP contribution in [-0.4, -0.2) is 35.5 Å². The second-order valence-corrected chi connectivity index (χ2v) is 9.73. The number of halogens is 1. The predicted octanol–water partition coefficient (Wildman–Crippen LogP) is 5.01. The third kappa shape index (κ3) is 5.56. The van der Waals surface area contributed by atoms with Crippen molar-refractivity contribution in [2.45, 2.75) is 26.7 Å². The molecule has 0 unspecified atom stereocenters. The number of nitrogens with two attached hydrogens (primary N) is 1. The minimum absolute atomic E-state index is 0.185. The van der Waals surface area contributed by atoms with Crippen LogP contribution in [0.3, 0.4) is 0 Å². The molecule has 0 fully saturated rings. The van der Waals surface area contributed by atoms with Crippen molar-refractivity contribution in [3.05, 3.63) is 86.1 Å². The van der Waals surface area contributed by atoms with Gasteiger partial charge in [-0.05, 0) is 66.4 Å². The number of primary amides is 1. The van der Waals surface area contributed by atoms with Crippen LogP contribution in [0.25, 0.3) is 22.3 Å². The van der Waals surface area contributed by atoms with Gasteiger partial charge in [0.25, 0.3) is 11.5 Å². The van der Waals surface area contributed by atoms with E-state index in [1.807, 2.05) is 25.1 Å². The molecule has 9 heteroatoms. The number of carbonyl (C=O) groups is 1. The fraction of sp³-hybridized carbons (Fsp3) is 0.214. The maximum absolute atomic E-state index is 13.6. The molecule has 0 spiro atoms. The molecule has 190 valence electrons. The standard InChI is InChI=1S/C28H27BrN4O4/c1-16(2)21-13-22(17(3)11-25(21)36-4)27-32-23-8-6-5-7-20(23)28(35)33(27)31-14-18-12-19(29)9-10-24(18)37-15-26(30)34/h5-14,16H,15H2,1-4H3,(H2,30,34). The lowest BCUT2D eigenvalue weighted by molar-refractivity contribution is -0.119. The average molecular weight is 563 g/mol. The number of amides is 1. The monoisotopic (exact) mass is 562 g/mol. The molecule has 2 N–H and O–H groups in total. The molecule has 0 aliphatic heterocycles. The van der Waals surface area contributed by atoms with Gasteiger partial charge in [-0.25, -0.2) is 4.98 Å². The van der Waals surface area contributed by atoms with Crippen LogP contribution in [0.1, 0.15) is 36.5 Å². The van der Waals surface area contributed by atoms with E-state index in [9.17, 15) is 9.59 Å². The maximum Gasteiger partial charge on any atom is 0.282 e. The Labute approximate surface area is 222 Å². The second-order valence-electron chi connectivity index (χ2n) is 8.82. The van der Waals surface area contributed by atoms with Gasteiger partial charge in [0.2, 0.25) is 0 Å². The van der Waals surface area contributed by atoms with E-state index in [0.717, 1.165) is 26.9 Å². The molecule has 8 nitrogen and oxygen atoms in total. The van der Waals surface area contributed by atoms with Gasteiger partial charge in [-0.3, -0.25) is 9.59 Å². The summed E-state index contributed by atoms with van der Waals surface area (Å²) in [6.07, 6.45) is 1.50. The van der Waals surface area contributed by atoms with Crippen LogP contribution in [-0.2, 0) is 4.79 Å². The molecular weight excluding hydrogens is 536 g/mol. The fourth-order valence-electron chi connectivity index (χ4n) is 3.99. The molecule has 4 aromatic rings. The molecule has 0 bridgehead atoms. The minimum Gasteiger partial charge on any atom is -0.496 e. The molecule has 3 aromatic carbocycles. The number of rotatable bonds is 8. The molecule has 1 heterocycles. The molecule has 1 aromatic heterocycles. The van der Waals surface area contributed by atoms with Gasteiger partial charge < -0.3 is 15.2 Å². The zero-order valence-corrected chi connectivity index (χ0v) is 22.6. The van der Waals surface area contributed by atoms with Gasteiger partial charge in [-0.1, -0.05) is 41.9 Å². The molecule has 0 aliphatic rings. The lowest BCUT2D eigenvalue weighted by atomic mass is 9.96. The van der Waals surface area contributed by atoms with Crippen LogP contribution in [0.5, 0.6) is 11.5 Å². The Morgan fingerprint density at radius 2 is 1.92 bits per heavy atom. The van der Waals surface area contributed by atoms with Gasteiger partial charge in [-0.2, -0.15) is 9.78 Å². The molecule has 0 radical (unpaired) electrons. The summed E-state index contributed by atoms with van der Waals surface area (Å²) in [6.45, 7) is 5.82. The van der Waals surface area contributed by atoms with Crippen LogP contribution in [0.4, 0.5) is 0 Å². The Kier molecular flexibility index (Phi) is 7.73. The minimum atomic E-state index is -0.598. The van der Waals surface area contributed by atoms with Crippen molar-refractivity contribution in [1.29, 1.82) is 0 Å². The highest BCUT2D eigenvalue weighted by Gasteiger charge is 2.18. The van der Waals surface area contributed by atoms with Gasteiger partial charge in [0, 0.05) is 15.6 Å². The van der Waals surface area contributed by atoms with Crippen LogP contribution < -0.4 is 20.8 Å². The Hall–Kier alpha value is -3.98. The molecule has 0 saturated carbocycles. The van der Waals surface area contributed by atoms with Gasteiger partial charge >= 0.3 is 0 Å². The van der Waals surface area contributed by atoms with E-state index in [4.69, 9.17) is 20.2 Å².